The molecule has 9 nitrogen and oxygen atoms in total. The molecular weight excluding hydrogens is 444 g/mol. The van der Waals surface area contributed by atoms with E-state index in [9.17, 15) is 4.79 Å². The van der Waals surface area contributed by atoms with Gasteiger partial charge in [0.2, 0.25) is 0 Å². The highest BCUT2D eigenvalue weighted by Crippen LogP contribution is 2.36. The van der Waals surface area contributed by atoms with Crippen LogP contribution in [0.3, 0.4) is 0 Å². The summed E-state index contributed by atoms with van der Waals surface area (Å²) in [5.41, 5.74) is 7.89. The van der Waals surface area contributed by atoms with Gasteiger partial charge in [-0.25, -0.2) is 9.97 Å². The zero-order valence-electron chi connectivity index (χ0n) is 19.1. The lowest BCUT2D eigenvalue weighted by atomic mass is 10.0. The average Bonchev–Trinajstić information content (AvgIpc) is 2.93. The van der Waals surface area contributed by atoms with E-state index in [2.05, 4.69) is 20.3 Å². The molecule has 9 heteroatoms. The molecule has 0 atom stereocenters. The molecule has 2 aromatic heterocycles. The molecule has 2 aromatic carbocycles. The van der Waals surface area contributed by atoms with Crippen molar-refractivity contribution in [3.8, 4) is 16.9 Å². The van der Waals surface area contributed by atoms with E-state index in [1.165, 1.54) is 6.33 Å². The molecule has 1 saturated heterocycles. The Labute approximate surface area is 202 Å². The Hall–Kier alpha value is -4.24. The largest absolute Gasteiger partial charge is 0.489 e. The number of para-hydroxylation sites is 3. The van der Waals surface area contributed by atoms with Crippen LogP contribution in [0.15, 0.2) is 67.4 Å². The number of morpholine rings is 1. The smallest absolute Gasteiger partial charge is 0.273 e. The minimum absolute atomic E-state index is 0.217. The average molecular weight is 469 g/mol. The highest BCUT2D eigenvalue weighted by atomic mass is 16.5. The van der Waals surface area contributed by atoms with Crippen molar-refractivity contribution in [3.05, 3.63) is 72.9 Å². The Morgan fingerprint density at radius 1 is 0.914 bits per heavy atom. The molecule has 2 aliphatic rings. The number of carbonyl (C=O) groups excluding carboxylic acids is 1. The maximum atomic E-state index is 13.7. The number of aromatic nitrogens is 3. The van der Waals surface area contributed by atoms with Gasteiger partial charge in [-0.3, -0.25) is 20.2 Å². The second-order valence-corrected chi connectivity index (χ2v) is 8.36. The molecule has 0 unspecified atom stereocenters. The van der Waals surface area contributed by atoms with Gasteiger partial charge in [0.15, 0.2) is 0 Å². The Kier molecular flexibility index (Phi) is 5.59. The molecule has 0 spiro atoms. The maximum absolute atomic E-state index is 13.7. The maximum Gasteiger partial charge on any atom is 0.273 e. The van der Waals surface area contributed by atoms with Crippen LogP contribution in [-0.2, 0) is 4.74 Å². The molecule has 6 rings (SSSR count). The van der Waals surface area contributed by atoms with E-state index in [1.54, 1.807) is 18.6 Å². The quantitative estimate of drug-likeness (QED) is 0.489. The van der Waals surface area contributed by atoms with Crippen molar-refractivity contribution >= 4 is 28.2 Å². The molecule has 35 heavy (non-hydrogen) atoms. The first kappa shape index (κ1) is 21.3. The summed E-state index contributed by atoms with van der Waals surface area (Å²) in [6.07, 6.45) is 6.72. The van der Waals surface area contributed by atoms with Crippen LogP contribution in [0.2, 0.25) is 0 Å². The summed E-state index contributed by atoms with van der Waals surface area (Å²) in [4.78, 5) is 29.0. The van der Waals surface area contributed by atoms with Gasteiger partial charge in [-0.2, -0.15) is 0 Å². The van der Waals surface area contributed by atoms with Crippen LogP contribution in [0.1, 0.15) is 10.4 Å². The summed E-state index contributed by atoms with van der Waals surface area (Å²) in [6, 6.07) is 13.7. The number of ether oxygens (including phenoxy) is 2. The van der Waals surface area contributed by atoms with E-state index in [0.29, 0.717) is 45.0 Å². The molecule has 2 aliphatic heterocycles. The third-order valence-corrected chi connectivity index (χ3v) is 6.28. The molecule has 1 N–H and O–H groups in total. The zero-order valence-corrected chi connectivity index (χ0v) is 19.1. The van der Waals surface area contributed by atoms with Crippen molar-refractivity contribution < 1.29 is 14.3 Å². The van der Waals surface area contributed by atoms with Crippen LogP contribution in [0.4, 0.5) is 11.4 Å². The predicted octanol–water partition coefficient (Wildman–Crippen LogP) is 3.07. The molecule has 0 aliphatic carbocycles. The summed E-state index contributed by atoms with van der Waals surface area (Å²) >= 11 is 0. The van der Waals surface area contributed by atoms with Gasteiger partial charge in [-0.1, -0.05) is 30.3 Å². The van der Waals surface area contributed by atoms with Crippen LogP contribution in [0.5, 0.6) is 5.75 Å². The minimum atomic E-state index is -0.217. The van der Waals surface area contributed by atoms with Gasteiger partial charge in [-0.05, 0) is 12.1 Å². The number of hydrogen-bond donors (Lipinski definition) is 1. The topological polar surface area (TPSA) is 92.7 Å². The summed E-state index contributed by atoms with van der Waals surface area (Å²) in [6.45, 7) is 3.64. The van der Waals surface area contributed by atoms with Crippen LogP contribution >= 0.6 is 0 Å². The van der Waals surface area contributed by atoms with Crippen molar-refractivity contribution in [1.29, 1.82) is 0 Å². The third kappa shape index (κ3) is 4.00. The van der Waals surface area contributed by atoms with Gasteiger partial charge >= 0.3 is 0 Å². The molecule has 0 bridgehead atoms. The summed E-state index contributed by atoms with van der Waals surface area (Å²) in [5, 5.41) is 2.75. The Bertz CT molecular complexity index is 1370. The first-order valence-corrected chi connectivity index (χ1v) is 11.6. The highest BCUT2D eigenvalue weighted by Gasteiger charge is 2.26. The molecule has 4 aromatic rings. The molecule has 1 amide bonds. The monoisotopic (exact) mass is 468 g/mol. The number of carbonyl (C=O) groups is 1. The van der Waals surface area contributed by atoms with Gasteiger partial charge in [0.25, 0.3) is 5.91 Å². The van der Waals surface area contributed by atoms with Crippen molar-refractivity contribution in [2.24, 2.45) is 0 Å². The first-order chi connectivity index (χ1) is 17.3. The van der Waals surface area contributed by atoms with Gasteiger partial charge < -0.3 is 14.4 Å². The molecule has 0 radical (unpaired) electrons. The van der Waals surface area contributed by atoms with Crippen molar-refractivity contribution in [2.45, 2.75) is 0 Å². The Morgan fingerprint density at radius 3 is 2.60 bits per heavy atom. The summed E-state index contributed by atoms with van der Waals surface area (Å²) in [7, 11) is 0. The Morgan fingerprint density at radius 2 is 1.74 bits per heavy atom. The minimum Gasteiger partial charge on any atom is -0.489 e. The number of rotatable bonds is 4. The molecule has 0 saturated carbocycles. The summed E-state index contributed by atoms with van der Waals surface area (Å²) < 4.78 is 11.3. The number of hydrazine groups is 1. The van der Waals surface area contributed by atoms with E-state index in [4.69, 9.17) is 14.5 Å². The first-order valence-electron chi connectivity index (χ1n) is 11.6. The SMILES string of the molecule is O=C(NN1CCOc2ccccc21)c1cnc2c(-c3cncnc3)cccc2c1N1CCOCC1. The lowest BCUT2D eigenvalue weighted by Crippen LogP contribution is -2.47. The number of pyridine rings is 1. The number of nitrogens with one attached hydrogen (secondary N) is 1. The third-order valence-electron chi connectivity index (χ3n) is 6.28. The fraction of sp³-hybridized carbons (Fsp3) is 0.231. The van der Waals surface area contributed by atoms with E-state index in [0.717, 1.165) is 39.2 Å². The molecule has 1 fully saturated rings. The number of nitrogens with zero attached hydrogens (tertiary/aromatic N) is 5. The number of amides is 1. The highest BCUT2D eigenvalue weighted by molar-refractivity contribution is 6.10. The Balaban J connectivity index is 1.44. The molecule has 4 heterocycles. The zero-order chi connectivity index (χ0) is 23.6. The molecule has 176 valence electrons. The van der Waals surface area contributed by atoms with Crippen molar-refractivity contribution in [3.63, 3.8) is 0 Å². The second kappa shape index (κ2) is 9.19. The lowest BCUT2D eigenvalue weighted by molar-refractivity contribution is 0.0943. The van der Waals surface area contributed by atoms with Gasteiger partial charge in [0.05, 0.1) is 42.2 Å². The number of anilines is 2. The number of fused-ring (bicyclic) bond motifs is 2. The van der Waals surface area contributed by atoms with Gasteiger partial charge in [0.1, 0.15) is 18.7 Å². The van der Waals surface area contributed by atoms with Gasteiger partial charge in [0, 0.05) is 48.2 Å². The van der Waals surface area contributed by atoms with Crippen LogP contribution in [0, 0.1) is 0 Å². The fourth-order valence-corrected chi connectivity index (χ4v) is 4.64. The van der Waals surface area contributed by atoms with Crippen LogP contribution in [-0.4, -0.2) is 60.3 Å². The van der Waals surface area contributed by atoms with E-state index in [-0.39, 0.29) is 5.91 Å². The second-order valence-electron chi connectivity index (χ2n) is 8.36. The number of hydrogen-bond acceptors (Lipinski definition) is 8. The van der Waals surface area contributed by atoms with E-state index >= 15 is 0 Å². The summed E-state index contributed by atoms with van der Waals surface area (Å²) in [5.74, 6) is 0.532. The molecular formula is C26H24N6O3. The van der Waals surface area contributed by atoms with Crippen molar-refractivity contribution in [2.75, 3.05) is 49.4 Å². The van der Waals surface area contributed by atoms with Crippen LogP contribution in [0.25, 0.3) is 22.0 Å². The van der Waals surface area contributed by atoms with E-state index in [1.807, 2.05) is 47.5 Å². The predicted molar refractivity (Wildman–Crippen MR) is 133 cm³/mol. The number of benzene rings is 2. The van der Waals surface area contributed by atoms with E-state index < -0.39 is 0 Å². The lowest BCUT2D eigenvalue weighted by Gasteiger charge is -2.33. The van der Waals surface area contributed by atoms with Gasteiger partial charge in [-0.15, -0.1) is 0 Å². The fourth-order valence-electron chi connectivity index (χ4n) is 4.64. The normalized spacial score (nSPS) is 15.4. The van der Waals surface area contributed by atoms with Crippen LogP contribution < -0.4 is 20.1 Å². The standard InChI is InChI=1S/C26H24N6O3/c33-26(30-32-10-13-35-23-7-2-1-6-22(23)32)21-16-29-24-19(18-14-27-17-28-15-18)4-3-5-20(24)25(21)31-8-11-34-12-9-31/h1-7,14-17H,8-13H2,(H,30,33). The van der Waals surface area contributed by atoms with Crippen molar-refractivity contribution in [1.82, 2.24) is 20.4 Å².